The number of unbranched alkanes of at least 4 members (excludes halogenated alkanes) is 3. The molecule has 0 radical (unpaired) electrons. The number of allylic oxidation sites excluding steroid dienone is 1. The number of aliphatic hydroxyl groups is 1. The van der Waals surface area contributed by atoms with Crippen molar-refractivity contribution in [3.63, 3.8) is 0 Å². The highest BCUT2D eigenvalue weighted by Gasteiger charge is 1.93. The molecule has 0 fully saturated rings. The van der Waals surface area contributed by atoms with Crippen LogP contribution in [-0.2, 0) is 4.79 Å². The van der Waals surface area contributed by atoms with Crippen molar-refractivity contribution < 1.29 is 9.90 Å². The maximum atomic E-state index is 10.5. The summed E-state index contributed by atoms with van der Waals surface area (Å²) in [7, 11) is 0. The second kappa shape index (κ2) is 7.65. The Morgan fingerprint density at radius 2 is 2.08 bits per heavy atom. The fraction of sp³-hybridized carbons (Fsp3) is 0.700. The van der Waals surface area contributed by atoms with Gasteiger partial charge in [0.25, 0.3) is 0 Å². The van der Waals surface area contributed by atoms with Crippen LogP contribution in [0.3, 0.4) is 0 Å². The molecule has 13 heavy (non-hydrogen) atoms. The van der Waals surface area contributed by atoms with Gasteiger partial charge in [0.2, 0.25) is 0 Å². The summed E-state index contributed by atoms with van der Waals surface area (Å²) >= 11 is 0. The van der Waals surface area contributed by atoms with Gasteiger partial charge in [0.1, 0.15) is 0 Å². The van der Waals surface area contributed by atoms with Gasteiger partial charge in [0.05, 0.1) is 0 Å². The lowest BCUT2D eigenvalue weighted by Crippen LogP contribution is -2.15. The first kappa shape index (κ1) is 12.0. The van der Waals surface area contributed by atoms with Gasteiger partial charge in [0.15, 0.2) is 11.7 Å². The largest absolute Gasteiger partial charge is 0.495 e. The van der Waals surface area contributed by atoms with Gasteiger partial charge < -0.3 is 10.4 Å². The lowest BCUT2D eigenvalue weighted by molar-refractivity contribution is -0.112. The van der Waals surface area contributed by atoms with Gasteiger partial charge in [-0.15, -0.1) is 0 Å². The molecule has 0 aliphatic rings. The Hall–Kier alpha value is -0.990. The first-order chi connectivity index (χ1) is 6.16. The van der Waals surface area contributed by atoms with E-state index in [9.17, 15) is 4.79 Å². The van der Waals surface area contributed by atoms with Crippen LogP contribution in [0.4, 0.5) is 0 Å². The highest BCUT2D eigenvalue weighted by molar-refractivity contribution is 5.87. The number of carbonyl (C=O) groups excluding carboxylic acids is 1. The summed E-state index contributed by atoms with van der Waals surface area (Å²) in [5.74, 6) is -0.164. The molecule has 0 saturated carbocycles. The molecule has 0 unspecified atom stereocenters. The maximum absolute atomic E-state index is 10.5. The van der Waals surface area contributed by atoms with E-state index in [2.05, 4.69) is 12.2 Å². The minimum Gasteiger partial charge on any atom is -0.495 e. The minimum atomic E-state index is -0.140. The van der Waals surface area contributed by atoms with Crippen LogP contribution in [-0.4, -0.2) is 17.4 Å². The van der Waals surface area contributed by atoms with Crippen molar-refractivity contribution in [2.24, 2.45) is 0 Å². The quantitative estimate of drug-likeness (QED) is 0.363. The molecule has 0 spiro atoms. The average Bonchev–Trinajstić information content (AvgIpc) is 2.02. The first-order valence-corrected chi connectivity index (χ1v) is 4.82. The molecule has 0 aliphatic carbocycles. The van der Waals surface area contributed by atoms with Crippen molar-refractivity contribution in [3.05, 3.63) is 12.0 Å². The van der Waals surface area contributed by atoms with Crippen molar-refractivity contribution in [1.29, 1.82) is 0 Å². The standard InChI is InChI=1S/C10H19NO2/c1-3-4-5-6-7-11-10(13)8-9(2)12/h8,11,13H,3-7H2,1-2H3/b10-8-. The molecule has 2 N–H and O–H groups in total. The average molecular weight is 185 g/mol. The van der Waals surface area contributed by atoms with E-state index < -0.39 is 0 Å². The third-order valence-corrected chi connectivity index (χ3v) is 1.68. The molecular weight excluding hydrogens is 166 g/mol. The molecule has 76 valence electrons. The molecular formula is C10H19NO2. The molecule has 0 rings (SSSR count). The zero-order valence-corrected chi connectivity index (χ0v) is 8.47. The number of nitrogens with one attached hydrogen (secondary N) is 1. The summed E-state index contributed by atoms with van der Waals surface area (Å²) in [5.41, 5.74) is 0. The smallest absolute Gasteiger partial charge is 0.187 e. The van der Waals surface area contributed by atoms with Crippen LogP contribution < -0.4 is 5.32 Å². The summed E-state index contributed by atoms with van der Waals surface area (Å²) in [4.78, 5) is 10.5. The fourth-order valence-corrected chi connectivity index (χ4v) is 1.01. The highest BCUT2D eigenvalue weighted by Crippen LogP contribution is 1.97. The monoisotopic (exact) mass is 185 g/mol. The number of aliphatic hydroxyl groups excluding tert-OH is 1. The second-order valence-electron chi connectivity index (χ2n) is 3.13. The van der Waals surface area contributed by atoms with Crippen LogP contribution in [0, 0.1) is 0 Å². The number of ketones is 1. The van der Waals surface area contributed by atoms with Crippen LogP contribution in [0.15, 0.2) is 12.0 Å². The van der Waals surface area contributed by atoms with Gasteiger partial charge in [0, 0.05) is 12.6 Å². The zero-order chi connectivity index (χ0) is 10.1. The Morgan fingerprint density at radius 3 is 2.62 bits per heavy atom. The lowest BCUT2D eigenvalue weighted by atomic mass is 10.2. The van der Waals surface area contributed by atoms with Crippen LogP contribution in [0.2, 0.25) is 0 Å². The Balaban J connectivity index is 3.37. The van der Waals surface area contributed by atoms with E-state index >= 15 is 0 Å². The predicted molar refractivity (Wildman–Crippen MR) is 53.5 cm³/mol. The summed E-state index contributed by atoms with van der Waals surface area (Å²) in [6.45, 7) is 4.30. The van der Waals surface area contributed by atoms with E-state index in [-0.39, 0.29) is 11.7 Å². The number of rotatable bonds is 7. The highest BCUT2D eigenvalue weighted by atomic mass is 16.3. The molecule has 3 nitrogen and oxygen atoms in total. The predicted octanol–water partition coefficient (Wildman–Crippen LogP) is 2.14. The van der Waals surface area contributed by atoms with Gasteiger partial charge in [-0.2, -0.15) is 0 Å². The Kier molecular flexibility index (Phi) is 7.07. The van der Waals surface area contributed by atoms with Crippen LogP contribution >= 0.6 is 0 Å². The van der Waals surface area contributed by atoms with Crippen molar-refractivity contribution >= 4 is 5.78 Å². The van der Waals surface area contributed by atoms with E-state index in [0.717, 1.165) is 19.4 Å². The third kappa shape index (κ3) is 8.92. The number of carbonyl (C=O) groups is 1. The first-order valence-electron chi connectivity index (χ1n) is 4.82. The van der Waals surface area contributed by atoms with Crippen LogP contribution in [0.1, 0.15) is 39.5 Å². The molecule has 0 saturated heterocycles. The van der Waals surface area contributed by atoms with E-state index in [4.69, 9.17) is 5.11 Å². The molecule has 0 amide bonds. The van der Waals surface area contributed by atoms with Crippen LogP contribution in [0.25, 0.3) is 0 Å². The van der Waals surface area contributed by atoms with Crippen LogP contribution in [0.5, 0.6) is 0 Å². The maximum Gasteiger partial charge on any atom is 0.187 e. The normalized spacial score (nSPS) is 11.4. The molecule has 0 aromatic rings. The lowest BCUT2D eigenvalue weighted by Gasteiger charge is -2.03. The molecule has 0 aromatic carbocycles. The molecule has 0 atom stereocenters. The van der Waals surface area contributed by atoms with Gasteiger partial charge in [-0.25, -0.2) is 0 Å². The van der Waals surface area contributed by atoms with Gasteiger partial charge in [-0.05, 0) is 13.3 Å². The molecule has 0 bridgehead atoms. The zero-order valence-electron chi connectivity index (χ0n) is 8.47. The van der Waals surface area contributed by atoms with Crippen molar-refractivity contribution in [2.75, 3.05) is 6.54 Å². The van der Waals surface area contributed by atoms with Gasteiger partial charge in [-0.1, -0.05) is 26.2 Å². The minimum absolute atomic E-state index is 0.0241. The SMILES string of the molecule is CCCCCCN/C(O)=C/C(C)=O. The van der Waals surface area contributed by atoms with Crippen molar-refractivity contribution in [3.8, 4) is 0 Å². The molecule has 0 heterocycles. The fourth-order valence-electron chi connectivity index (χ4n) is 1.01. The molecule has 3 heteroatoms. The summed E-state index contributed by atoms with van der Waals surface area (Å²) in [6.07, 6.45) is 5.81. The van der Waals surface area contributed by atoms with E-state index in [1.165, 1.54) is 25.8 Å². The van der Waals surface area contributed by atoms with Crippen molar-refractivity contribution in [1.82, 2.24) is 5.32 Å². The van der Waals surface area contributed by atoms with E-state index in [1.54, 1.807) is 0 Å². The second-order valence-corrected chi connectivity index (χ2v) is 3.13. The van der Waals surface area contributed by atoms with Gasteiger partial charge >= 0.3 is 0 Å². The molecule has 0 aliphatic heterocycles. The molecule has 0 aromatic heterocycles. The Bertz CT molecular complexity index is 176. The van der Waals surface area contributed by atoms with Crippen molar-refractivity contribution in [2.45, 2.75) is 39.5 Å². The van der Waals surface area contributed by atoms with E-state index in [0.29, 0.717) is 0 Å². The summed E-state index contributed by atoms with van der Waals surface area (Å²) < 4.78 is 0. The van der Waals surface area contributed by atoms with Gasteiger partial charge in [-0.3, -0.25) is 4.79 Å². The summed E-state index contributed by atoms with van der Waals surface area (Å²) in [6, 6.07) is 0. The Morgan fingerprint density at radius 1 is 1.38 bits per heavy atom. The summed E-state index contributed by atoms with van der Waals surface area (Å²) in [5, 5.41) is 11.9. The number of hydrogen-bond donors (Lipinski definition) is 2. The van der Waals surface area contributed by atoms with E-state index in [1.807, 2.05) is 0 Å². The third-order valence-electron chi connectivity index (χ3n) is 1.68. The topological polar surface area (TPSA) is 49.3 Å². The Labute approximate surface area is 79.8 Å². The number of hydrogen-bond acceptors (Lipinski definition) is 3.